The summed E-state index contributed by atoms with van der Waals surface area (Å²) in [5.41, 5.74) is 0.352. The molecule has 32 heavy (non-hydrogen) atoms. The van der Waals surface area contributed by atoms with Crippen LogP contribution in [0.1, 0.15) is 53.6 Å². The molecular formula is C25H24N2O5. The molecule has 2 aromatic carbocycles. The van der Waals surface area contributed by atoms with E-state index in [0.29, 0.717) is 29.8 Å². The van der Waals surface area contributed by atoms with Gasteiger partial charge in [0.15, 0.2) is 11.4 Å². The standard InChI is InChI=1S/C25H24N2O5/c1-14-9-10-20-19(11-14)25(32,24(31)26-20)13-21(28)15-5-4-6-16(12-15)27-22(29)17-7-2-3-8-18(17)23(27)30/h4-6,9-12,17-18,32H,2-3,7-8,13H2,1H3,(H,26,31)/t17-,18-,25-/m0/s1. The first kappa shape index (κ1) is 20.6. The lowest BCUT2D eigenvalue weighted by Crippen LogP contribution is -2.36. The summed E-state index contributed by atoms with van der Waals surface area (Å²) in [5.74, 6) is -2.06. The number of amides is 3. The first-order valence-electron chi connectivity index (χ1n) is 11.0. The Balaban J connectivity index is 1.43. The molecule has 0 spiro atoms. The van der Waals surface area contributed by atoms with Crippen LogP contribution in [0.15, 0.2) is 42.5 Å². The number of hydrogen-bond donors (Lipinski definition) is 2. The Kier molecular flexibility index (Phi) is 4.74. The zero-order chi connectivity index (χ0) is 22.6. The van der Waals surface area contributed by atoms with Crippen LogP contribution in [0, 0.1) is 18.8 Å². The fraction of sp³-hybridized carbons (Fsp3) is 0.360. The fourth-order valence-electron chi connectivity index (χ4n) is 5.20. The van der Waals surface area contributed by atoms with E-state index >= 15 is 0 Å². The van der Waals surface area contributed by atoms with Crippen molar-refractivity contribution in [1.82, 2.24) is 0 Å². The highest BCUT2D eigenvalue weighted by Crippen LogP contribution is 2.41. The van der Waals surface area contributed by atoms with E-state index in [2.05, 4.69) is 5.32 Å². The summed E-state index contributed by atoms with van der Waals surface area (Å²) >= 11 is 0. The summed E-state index contributed by atoms with van der Waals surface area (Å²) < 4.78 is 0. The molecule has 2 N–H and O–H groups in total. The van der Waals surface area contributed by atoms with Crippen molar-refractivity contribution >= 4 is 34.9 Å². The molecule has 2 heterocycles. The van der Waals surface area contributed by atoms with E-state index in [1.807, 2.05) is 13.0 Å². The number of aryl methyl sites for hydroxylation is 1. The van der Waals surface area contributed by atoms with Gasteiger partial charge in [0, 0.05) is 16.8 Å². The molecule has 0 aromatic heterocycles. The van der Waals surface area contributed by atoms with Crippen LogP contribution in [0.4, 0.5) is 11.4 Å². The van der Waals surface area contributed by atoms with Gasteiger partial charge in [0.1, 0.15) is 0 Å². The van der Waals surface area contributed by atoms with Gasteiger partial charge >= 0.3 is 0 Å². The number of aliphatic hydroxyl groups is 1. The third-order valence-electron chi connectivity index (χ3n) is 6.93. The van der Waals surface area contributed by atoms with Gasteiger partial charge in [0.05, 0.1) is 23.9 Å². The van der Waals surface area contributed by atoms with Gasteiger partial charge in [-0.3, -0.25) is 24.1 Å². The number of ketones is 1. The van der Waals surface area contributed by atoms with Crippen molar-refractivity contribution in [3.05, 3.63) is 59.2 Å². The summed E-state index contributed by atoms with van der Waals surface area (Å²) in [7, 11) is 0. The van der Waals surface area contributed by atoms with E-state index in [1.54, 1.807) is 30.3 Å². The average Bonchev–Trinajstić information content (AvgIpc) is 3.18. The van der Waals surface area contributed by atoms with Crippen LogP contribution in [0.25, 0.3) is 0 Å². The Bertz CT molecular complexity index is 1150. The molecule has 3 aliphatic rings. The molecule has 5 rings (SSSR count). The average molecular weight is 432 g/mol. The summed E-state index contributed by atoms with van der Waals surface area (Å²) in [6.45, 7) is 1.84. The van der Waals surface area contributed by atoms with Crippen LogP contribution in [0.2, 0.25) is 0 Å². The summed E-state index contributed by atoms with van der Waals surface area (Å²) in [4.78, 5) is 52.6. The molecule has 3 amide bonds. The van der Waals surface area contributed by atoms with Crippen molar-refractivity contribution < 1.29 is 24.3 Å². The zero-order valence-electron chi connectivity index (χ0n) is 17.8. The molecule has 0 radical (unpaired) electrons. The van der Waals surface area contributed by atoms with Crippen LogP contribution in [0.3, 0.4) is 0 Å². The quantitative estimate of drug-likeness (QED) is 0.571. The van der Waals surface area contributed by atoms with Crippen LogP contribution >= 0.6 is 0 Å². The number of rotatable bonds is 4. The van der Waals surface area contributed by atoms with Gasteiger partial charge in [-0.05, 0) is 38.0 Å². The molecule has 7 nitrogen and oxygen atoms in total. The third kappa shape index (κ3) is 3.07. The summed E-state index contributed by atoms with van der Waals surface area (Å²) in [6.07, 6.45) is 2.87. The fourth-order valence-corrected chi connectivity index (χ4v) is 5.20. The number of nitrogens with one attached hydrogen (secondary N) is 1. The minimum absolute atomic E-state index is 0.206. The highest BCUT2D eigenvalue weighted by molar-refractivity contribution is 6.22. The summed E-state index contributed by atoms with van der Waals surface area (Å²) in [5, 5.41) is 13.8. The third-order valence-corrected chi connectivity index (χ3v) is 6.93. The second kappa shape index (κ2) is 7.38. The number of benzene rings is 2. The van der Waals surface area contributed by atoms with Crippen molar-refractivity contribution in [1.29, 1.82) is 0 Å². The van der Waals surface area contributed by atoms with Crippen molar-refractivity contribution in [3.63, 3.8) is 0 Å². The molecule has 7 heteroatoms. The number of nitrogens with zero attached hydrogens (tertiary/aromatic N) is 1. The van der Waals surface area contributed by atoms with Crippen LogP contribution < -0.4 is 10.2 Å². The first-order chi connectivity index (χ1) is 15.3. The maximum Gasteiger partial charge on any atom is 0.261 e. The second-order valence-corrected chi connectivity index (χ2v) is 9.02. The molecule has 0 bridgehead atoms. The van der Waals surface area contributed by atoms with Crippen molar-refractivity contribution in [2.75, 3.05) is 10.2 Å². The number of carbonyl (C=O) groups excluding carboxylic acids is 4. The summed E-state index contributed by atoms with van der Waals surface area (Å²) in [6, 6.07) is 11.5. The highest BCUT2D eigenvalue weighted by atomic mass is 16.3. The Hall–Kier alpha value is -3.32. The monoisotopic (exact) mass is 432 g/mol. The maximum absolute atomic E-state index is 13.1. The molecule has 2 fully saturated rings. The molecule has 3 atom stereocenters. The van der Waals surface area contributed by atoms with Crippen molar-refractivity contribution in [2.45, 2.75) is 44.6 Å². The number of fused-ring (bicyclic) bond motifs is 2. The van der Waals surface area contributed by atoms with Crippen molar-refractivity contribution in [2.24, 2.45) is 11.8 Å². The Morgan fingerprint density at radius 1 is 1.06 bits per heavy atom. The molecule has 1 aliphatic carbocycles. The van der Waals surface area contributed by atoms with Gasteiger partial charge in [-0.15, -0.1) is 0 Å². The molecule has 2 aliphatic heterocycles. The second-order valence-electron chi connectivity index (χ2n) is 9.02. The lowest BCUT2D eigenvalue weighted by molar-refractivity contribution is -0.133. The van der Waals surface area contributed by atoms with E-state index in [1.165, 1.54) is 11.0 Å². The van der Waals surface area contributed by atoms with Gasteiger partial charge in [-0.25, -0.2) is 0 Å². The minimum atomic E-state index is -1.97. The number of Topliss-reactive ketones (excluding diaryl/α,β-unsaturated/α-hetero) is 1. The number of anilines is 2. The smallest absolute Gasteiger partial charge is 0.261 e. The largest absolute Gasteiger partial charge is 0.375 e. The molecule has 164 valence electrons. The van der Waals surface area contributed by atoms with Crippen LogP contribution in [0.5, 0.6) is 0 Å². The van der Waals surface area contributed by atoms with Crippen molar-refractivity contribution in [3.8, 4) is 0 Å². The van der Waals surface area contributed by atoms with E-state index in [9.17, 15) is 24.3 Å². The molecule has 2 aromatic rings. The first-order valence-corrected chi connectivity index (χ1v) is 11.0. The zero-order valence-corrected chi connectivity index (χ0v) is 17.8. The van der Waals surface area contributed by atoms with Gasteiger partial charge in [0.25, 0.3) is 5.91 Å². The molecule has 0 unspecified atom stereocenters. The van der Waals surface area contributed by atoms with Gasteiger partial charge in [0.2, 0.25) is 11.8 Å². The number of imide groups is 1. The molecule has 1 saturated carbocycles. The van der Waals surface area contributed by atoms with Gasteiger partial charge < -0.3 is 10.4 Å². The lowest BCUT2D eigenvalue weighted by atomic mass is 9.81. The topological polar surface area (TPSA) is 104 Å². The SMILES string of the molecule is Cc1ccc2c(c1)[C@@](O)(CC(=O)c1cccc(N3C(=O)[C@H]4CCCC[C@@H]4C3=O)c1)C(=O)N2. The Morgan fingerprint density at radius 2 is 1.75 bits per heavy atom. The van der Waals surface area contributed by atoms with E-state index in [4.69, 9.17) is 0 Å². The van der Waals surface area contributed by atoms with Gasteiger partial charge in [-0.2, -0.15) is 0 Å². The Labute approximate surface area is 185 Å². The van der Waals surface area contributed by atoms with E-state index < -0.39 is 23.7 Å². The Morgan fingerprint density at radius 3 is 2.44 bits per heavy atom. The number of carbonyl (C=O) groups is 4. The predicted octanol–water partition coefficient (Wildman–Crippen LogP) is 3.09. The molecule has 1 saturated heterocycles. The van der Waals surface area contributed by atoms with Crippen LogP contribution in [-0.2, 0) is 20.0 Å². The highest BCUT2D eigenvalue weighted by Gasteiger charge is 2.49. The van der Waals surface area contributed by atoms with E-state index in [0.717, 1.165) is 18.4 Å². The number of hydrogen-bond acceptors (Lipinski definition) is 5. The lowest BCUT2D eigenvalue weighted by Gasteiger charge is -2.21. The normalized spacial score (nSPS) is 26.7. The van der Waals surface area contributed by atoms with Crippen LogP contribution in [-0.4, -0.2) is 28.6 Å². The van der Waals surface area contributed by atoms with Gasteiger partial charge in [-0.1, -0.05) is 42.7 Å². The maximum atomic E-state index is 13.1. The molecular weight excluding hydrogens is 408 g/mol. The predicted molar refractivity (Wildman–Crippen MR) is 117 cm³/mol. The minimum Gasteiger partial charge on any atom is -0.375 e. The van der Waals surface area contributed by atoms with E-state index in [-0.39, 0.29) is 29.2 Å².